The topological polar surface area (TPSA) is 67.4 Å². The van der Waals surface area contributed by atoms with Crippen LogP contribution in [0.15, 0.2) is 24.3 Å². The van der Waals surface area contributed by atoms with E-state index in [4.69, 9.17) is 4.74 Å². The van der Waals surface area contributed by atoms with Crippen LogP contribution >= 0.6 is 0 Å². The summed E-state index contributed by atoms with van der Waals surface area (Å²) in [5.41, 5.74) is -0.212. The highest BCUT2D eigenvalue weighted by Gasteiger charge is 2.50. The number of carbonyl (C=O) groups excluding carboxylic acids is 2. The van der Waals surface area contributed by atoms with Crippen LogP contribution in [-0.4, -0.2) is 18.5 Å². The van der Waals surface area contributed by atoms with E-state index in [2.05, 4.69) is 10.6 Å². The van der Waals surface area contributed by atoms with Crippen LogP contribution in [0.2, 0.25) is 0 Å². The van der Waals surface area contributed by atoms with Gasteiger partial charge in [-0.1, -0.05) is 18.2 Å². The molecule has 82 valence electrons. The summed E-state index contributed by atoms with van der Waals surface area (Å²) in [6.07, 6.45) is 0.460. The molecule has 1 aromatic carbocycles. The molecule has 0 aliphatic carbocycles. The molecule has 0 saturated carbocycles. The molecule has 2 aliphatic rings. The maximum absolute atomic E-state index is 11.9. The normalized spacial score (nSPS) is 27.0. The number of rotatable bonds is 0. The van der Waals surface area contributed by atoms with Gasteiger partial charge in [0, 0.05) is 12.0 Å². The second-order valence-electron chi connectivity index (χ2n) is 3.91. The minimum absolute atomic E-state index is 0.298. The molecule has 5 nitrogen and oxygen atoms in total. The first kappa shape index (κ1) is 9.21. The Balaban J connectivity index is 2.17. The van der Waals surface area contributed by atoms with Crippen molar-refractivity contribution in [2.75, 3.05) is 6.61 Å². The summed E-state index contributed by atoms with van der Waals surface area (Å²) in [4.78, 5) is 23.1. The number of ether oxygens (including phenoxy) is 1. The van der Waals surface area contributed by atoms with Crippen LogP contribution in [0, 0.1) is 0 Å². The minimum Gasteiger partial charge on any atom is -0.493 e. The third-order valence-electron chi connectivity index (χ3n) is 3.02. The van der Waals surface area contributed by atoms with E-state index in [1.165, 1.54) is 0 Å². The van der Waals surface area contributed by atoms with Gasteiger partial charge in [-0.3, -0.25) is 10.1 Å². The maximum Gasteiger partial charge on any atom is 0.322 e. The first-order valence-corrected chi connectivity index (χ1v) is 5.08. The molecule has 0 radical (unpaired) electrons. The first-order valence-electron chi connectivity index (χ1n) is 5.08. The number of para-hydroxylation sites is 1. The number of hydrogen-bond donors (Lipinski definition) is 2. The van der Waals surface area contributed by atoms with Crippen molar-refractivity contribution < 1.29 is 14.3 Å². The zero-order valence-corrected chi connectivity index (χ0v) is 8.45. The van der Waals surface area contributed by atoms with E-state index >= 15 is 0 Å². The molecule has 1 spiro atoms. The van der Waals surface area contributed by atoms with Crippen molar-refractivity contribution in [2.24, 2.45) is 0 Å². The van der Waals surface area contributed by atoms with Gasteiger partial charge in [0.15, 0.2) is 5.54 Å². The SMILES string of the molecule is O=C1NC(=O)[C@]2(CCOc3ccccc32)N1. The highest BCUT2D eigenvalue weighted by molar-refractivity contribution is 6.07. The number of urea groups is 1. The van der Waals surface area contributed by atoms with Crippen molar-refractivity contribution in [3.05, 3.63) is 29.8 Å². The van der Waals surface area contributed by atoms with E-state index in [-0.39, 0.29) is 5.91 Å². The van der Waals surface area contributed by atoms with Crippen LogP contribution in [0.4, 0.5) is 4.79 Å². The molecular formula is C11H10N2O3. The van der Waals surface area contributed by atoms with Crippen LogP contribution in [-0.2, 0) is 10.3 Å². The molecule has 1 atom stereocenters. The summed E-state index contributed by atoms with van der Waals surface area (Å²) in [5, 5.41) is 4.97. The Morgan fingerprint density at radius 3 is 2.81 bits per heavy atom. The summed E-state index contributed by atoms with van der Waals surface area (Å²) in [6.45, 7) is 0.421. The lowest BCUT2D eigenvalue weighted by molar-refractivity contribution is -0.125. The molecule has 2 N–H and O–H groups in total. The molecule has 2 heterocycles. The molecule has 1 fully saturated rings. The van der Waals surface area contributed by atoms with E-state index < -0.39 is 11.6 Å². The van der Waals surface area contributed by atoms with Crippen LogP contribution in [0.5, 0.6) is 5.75 Å². The predicted octanol–water partition coefficient (Wildman–Crippen LogP) is 0.504. The third-order valence-corrected chi connectivity index (χ3v) is 3.02. The summed E-state index contributed by atoms with van der Waals surface area (Å²) in [6, 6.07) is 6.83. The van der Waals surface area contributed by atoms with E-state index in [1.807, 2.05) is 12.1 Å². The summed E-state index contributed by atoms with van der Waals surface area (Å²) in [5.74, 6) is 0.361. The monoisotopic (exact) mass is 218 g/mol. The molecule has 5 heteroatoms. The average molecular weight is 218 g/mol. The number of imide groups is 1. The van der Waals surface area contributed by atoms with Gasteiger partial charge < -0.3 is 10.1 Å². The number of carbonyl (C=O) groups is 2. The van der Waals surface area contributed by atoms with E-state index in [0.717, 1.165) is 5.56 Å². The van der Waals surface area contributed by atoms with Gasteiger partial charge in [0.2, 0.25) is 0 Å². The second kappa shape index (κ2) is 2.98. The Labute approximate surface area is 91.8 Å². The van der Waals surface area contributed by atoms with Crippen molar-refractivity contribution in [1.29, 1.82) is 0 Å². The molecule has 2 aliphatic heterocycles. The van der Waals surface area contributed by atoms with E-state index in [9.17, 15) is 9.59 Å². The molecule has 3 amide bonds. The van der Waals surface area contributed by atoms with Gasteiger partial charge in [-0.15, -0.1) is 0 Å². The fraction of sp³-hybridized carbons (Fsp3) is 0.273. The maximum atomic E-state index is 11.9. The second-order valence-corrected chi connectivity index (χ2v) is 3.91. The Morgan fingerprint density at radius 1 is 1.25 bits per heavy atom. The fourth-order valence-corrected chi connectivity index (χ4v) is 2.25. The Morgan fingerprint density at radius 2 is 2.06 bits per heavy atom. The van der Waals surface area contributed by atoms with Crippen LogP contribution in [0.1, 0.15) is 12.0 Å². The third kappa shape index (κ3) is 1.05. The Hall–Kier alpha value is -2.04. The standard InChI is InChI=1S/C11H10N2O3/c14-9-11(13-10(15)12-9)5-6-16-8-4-2-1-3-7(8)11/h1-4H,5-6H2,(H2,12,13,14,15)/t11-/m1/s1. The number of benzene rings is 1. The van der Waals surface area contributed by atoms with E-state index in [0.29, 0.717) is 18.8 Å². The summed E-state index contributed by atoms with van der Waals surface area (Å²) >= 11 is 0. The molecule has 1 aromatic rings. The lowest BCUT2D eigenvalue weighted by Crippen LogP contribution is -2.47. The molecule has 3 rings (SSSR count). The predicted molar refractivity (Wildman–Crippen MR) is 54.9 cm³/mol. The fourth-order valence-electron chi connectivity index (χ4n) is 2.25. The van der Waals surface area contributed by atoms with Crippen molar-refractivity contribution in [1.82, 2.24) is 10.6 Å². The highest BCUT2D eigenvalue weighted by Crippen LogP contribution is 2.38. The molecule has 0 aromatic heterocycles. The zero-order valence-electron chi connectivity index (χ0n) is 8.45. The number of amides is 3. The van der Waals surface area contributed by atoms with Crippen molar-refractivity contribution in [3.63, 3.8) is 0 Å². The molecule has 0 unspecified atom stereocenters. The lowest BCUT2D eigenvalue weighted by Gasteiger charge is -2.32. The van der Waals surface area contributed by atoms with Gasteiger partial charge in [-0.2, -0.15) is 0 Å². The summed E-state index contributed by atoms with van der Waals surface area (Å²) in [7, 11) is 0. The van der Waals surface area contributed by atoms with Gasteiger partial charge in [0.1, 0.15) is 5.75 Å². The quantitative estimate of drug-likeness (QED) is 0.623. The number of hydrogen-bond acceptors (Lipinski definition) is 3. The first-order chi connectivity index (χ1) is 7.72. The van der Waals surface area contributed by atoms with Crippen molar-refractivity contribution in [3.8, 4) is 5.75 Å². The van der Waals surface area contributed by atoms with Gasteiger partial charge >= 0.3 is 6.03 Å². The van der Waals surface area contributed by atoms with Crippen molar-refractivity contribution >= 4 is 11.9 Å². The van der Waals surface area contributed by atoms with Gasteiger partial charge in [-0.25, -0.2) is 4.79 Å². The lowest BCUT2D eigenvalue weighted by atomic mass is 9.85. The van der Waals surface area contributed by atoms with Gasteiger partial charge in [0.05, 0.1) is 6.61 Å². The van der Waals surface area contributed by atoms with Crippen LogP contribution in [0.25, 0.3) is 0 Å². The molecule has 1 saturated heterocycles. The molecule has 0 bridgehead atoms. The number of nitrogens with one attached hydrogen (secondary N) is 2. The average Bonchev–Trinajstić information content (AvgIpc) is 2.55. The molecular weight excluding hydrogens is 208 g/mol. The minimum atomic E-state index is -0.939. The highest BCUT2D eigenvalue weighted by atomic mass is 16.5. The Bertz CT molecular complexity index is 486. The summed E-state index contributed by atoms with van der Waals surface area (Å²) < 4.78 is 5.46. The van der Waals surface area contributed by atoms with Gasteiger partial charge in [-0.05, 0) is 6.07 Å². The van der Waals surface area contributed by atoms with E-state index in [1.54, 1.807) is 12.1 Å². The largest absolute Gasteiger partial charge is 0.493 e. The zero-order chi connectivity index (χ0) is 11.2. The van der Waals surface area contributed by atoms with Gasteiger partial charge in [0.25, 0.3) is 5.91 Å². The Kier molecular flexibility index (Phi) is 1.71. The number of fused-ring (bicyclic) bond motifs is 2. The van der Waals surface area contributed by atoms with Crippen LogP contribution in [0.3, 0.4) is 0 Å². The van der Waals surface area contributed by atoms with Crippen LogP contribution < -0.4 is 15.4 Å². The van der Waals surface area contributed by atoms with Crippen molar-refractivity contribution in [2.45, 2.75) is 12.0 Å². The smallest absolute Gasteiger partial charge is 0.322 e. The molecule has 16 heavy (non-hydrogen) atoms.